The predicted octanol–water partition coefficient (Wildman–Crippen LogP) is 4.07. The highest BCUT2D eigenvalue weighted by atomic mass is 19.4. The minimum atomic E-state index is -4.69. The first-order chi connectivity index (χ1) is 10.5. The van der Waals surface area contributed by atoms with Crippen LogP contribution in [0.25, 0.3) is 11.0 Å². The lowest BCUT2D eigenvalue weighted by molar-refractivity contribution is -0.274. The Morgan fingerprint density at radius 1 is 1.14 bits per heavy atom. The molecule has 114 valence electrons. The summed E-state index contributed by atoms with van der Waals surface area (Å²) in [6, 6.07) is 11.5. The Hall–Kier alpha value is -2.70. The third-order valence-electron chi connectivity index (χ3n) is 3.02. The van der Waals surface area contributed by atoms with Crippen molar-refractivity contribution in [1.82, 2.24) is 9.97 Å². The SMILES string of the molecule is FC(F)(F)Oc1cccc(CNc2ccc3cc[nH]c3n2)c1. The number of halogens is 3. The van der Waals surface area contributed by atoms with Crippen molar-refractivity contribution in [2.24, 2.45) is 0 Å². The van der Waals surface area contributed by atoms with Crippen LogP contribution in [0.3, 0.4) is 0 Å². The number of alkyl halides is 3. The Morgan fingerprint density at radius 3 is 2.82 bits per heavy atom. The number of anilines is 1. The molecule has 0 unspecified atom stereocenters. The number of benzene rings is 1. The Balaban J connectivity index is 1.69. The van der Waals surface area contributed by atoms with E-state index >= 15 is 0 Å². The average molecular weight is 307 g/mol. The number of nitrogens with zero attached hydrogens (tertiary/aromatic N) is 1. The second-order valence-electron chi connectivity index (χ2n) is 4.66. The molecule has 2 N–H and O–H groups in total. The largest absolute Gasteiger partial charge is 0.573 e. The Labute approximate surface area is 123 Å². The molecule has 0 atom stereocenters. The number of aromatic nitrogens is 2. The van der Waals surface area contributed by atoms with Gasteiger partial charge in [0, 0.05) is 18.1 Å². The third kappa shape index (κ3) is 3.49. The summed E-state index contributed by atoms with van der Waals surface area (Å²) in [4.78, 5) is 7.35. The topological polar surface area (TPSA) is 49.9 Å². The molecule has 0 radical (unpaired) electrons. The highest BCUT2D eigenvalue weighted by Crippen LogP contribution is 2.23. The van der Waals surface area contributed by atoms with E-state index in [0.717, 1.165) is 11.0 Å². The predicted molar refractivity (Wildman–Crippen MR) is 76.5 cm³/mol. The van der Waals surface area contributed by atoms with Gasteiger partial charge in [-0.2, -0.15) is 0 Å². The highest BCUT2D eigenvalue weighted by molar-refractivity contribution is 5.77. The van der Waals surface area contributed by atoms with Gasteiger partial charge in [0.15, 0.2) is 0 Å². The minimum Gasteiger partial charge on any atom is -0.406 e. The molecule has 4 nitrogen and oxygen atoms in total. The standard InChI is InChI=1S/C15H12F3N3O/c16-15(17,18)22-12-3-1-2-10(8-12)9-20-13-5-4-11-6-7-19-14(11)21-13/h1-8H,9H2,(H2,19,20,21). The van der Waals surface area contributed by atoms with Crippen LogP contribution in [0.15, 0.2) is 48.7 Å². The van der Waals surface area contributed by atoms with Gasteiger partial charge in [0.05, 0.1) is 0 Å². The Kier molecular flexibility index (Phi) is 3.62. The van der Waals surface area contributed by atoms with Crippen LogP contribution in [-0.4, -0.2) is 16.3 Å². The van der Waals surface area contributed by atoms with E-state index in [9.17, 15) is 13.2 Å². The van der Waals surface area contributed by atoms with Gasteiger partial charge < -0.3 is 15.0 Å². The molecule has 0 aliphatic carbocycles. The van der Waals surface area contributed by atoms with Crippen molar-refractivity contribution in [3.8, 4) is 5.75 Å². The maximum Gasteiger partial charge on any atom is 0.573 e. The average Bonchev–Trinajstić information content (AvgIpc) is 2.91. The summed E-state index contributed by atoms with van der Waals surface area (Å²) in [6.07, 6.45) is -2.90. The molecule has 2 heterocycles. The fraction of sp³-hybridized carbons (Fsp3) is 0.133. The van der Waals surface area contributed by atoms with Crippen LogP contribution < -0.4 is 10.1 Å². The summed E-state index contributed by atoms with van der Waals surface area (Å²) in [6.45, 7) is 0.342. The first kappa shape index (κ1) is 14.2. The van der Waals surface area contributed by atoms with Gasteiger partial charge in [0.25, 0.3) is 0 Å². The van der Waals surface area contributed by atoms with E-state index in [2.05, 4.69) is 20.0 Å². The first-order valence-electron chi connectivity index (χ1n) is 6.52. The molecule has 0 fully saturated rings. The molecule has 0 spiro atoms. The number of hydrogen-bond acceptors (Lipinski definition) is 3. The summed E-state index contributed by atoms with van der Waals surface area (Å²) in [5.41, 5.74) is 1.41. The Bertz CT molecular complexity index is 783. The van der Waals surface area contributed by atoms with Crippen molar-refractivity contribution in [1.29, 1.82) is 0 Å². The van der Waals surface area contributed by atoms with E-state index in [0.29, 0.717) is 17.9 Å². The molecule has 0 bridgehead atoms. The summed E-state index contributed by atoms with van der Waals surface area (Å²) >= 11 is 0. The number of nitrogens with one attached hydrogen (secondary N) is 2. The van der Waals surface area contributed by atoms with E-state index in [-0.39, 0.29) is 5.75 Å². The van der Waals surface area contributed by atoms with Crippen LogP contribution >= 0.6 is 0 Å². The summed E-state index contributed by atoms with van der Waals surface area (Å²) in [5, 5.41) is 4.06. The number of pyridine rings is 1. The van der Waals surface area contributed by atoms with Gasteiger partial charge in [-0.05, 0) is 35.9 Å². The molecule has 0 saturated heterocycles. The van der Waals surface area contributed by atoms with Crippen molar-refractivity contribution < 1.29 is 17.9 Å². The first-order valence-corrected chi connectivity index (χ1v) is 6.52. The summed E-state index contributed by atoms with van der Waals surface area (Å²) in [5.74, 6) is 0.400. The molecule has 7 heteroatoms. The number of rotatable bonds is 4. The van der Waals surface area contributed by atoms with Crippen LogP contribution in [0.4, 0.5) is 19.0 Å². The fourth-order valence-electron chi connectivity index (χ4n) is 2.07. The van der Waals surface area contributed by atoms with Gasteiger partial charge in [-0.1, -0.05) is 12.1 Å². The zero-order valence-electron chi connectivity index (χ0n) is 11.3. The van der Waals surface area contributed by atoms with Crippen LogP contribution in [-0.2, 0) is 6.54 Å². The van der Waals surface area contributed by atoms with Gasteiger partial charge in [-0.15, -0.1) is 13.2 Å². The van der Waals surface area contributed by atoms with E-state index in [4.69, 9.17) is 0 Å². The third-order valence-corrected chi connectivity index (χ3v) is 3.02. The van der Waals surface area contributed by atoms with Crippen LogP contribution in [0.2, 0.25) is 0 Å². The summed E-state index contributed by atoms with van der Waals surface area (Å²) in [7, 11) is 0. The number of hydrogen-bond donors (Lipinski definition) is 2. The monoisotopic (exact) mass is 307 g/mol. The van der Waals surface area contributed by atoms with Gasteiger partial charge in [0.1, 0.15) is 17.2 Å². The van der Waals surface area contributed by atoms with Crippen molar-refractivity contribution in [2.45, 2.75) is 12.9 Å². The smallest absolute Gasteiger partial charge is 0.406 e. The zero-order chi connectivity index (χ0) is 15.6. The molecule has 0 aliphatic heterocycles. The number of fused-ring (bicyclic) bond motifs is 1. The fourth-order valence-corrected chi connectivity index (χ4v) is 2.07. The molecule has 22 heavy (non-hydrogen) atoms. The minimum absolute atomic E-state index is 0.237. The molecular weight excluding hydrogens is 295 g/mol. The van der Waals surface area contributed by atoms with Crippen molar-refractivity contribution in [3.05, 3.63) is 54.2 Å². The van der Waals surface area contributed by atoms with E-state index in [1.165, 1.54) is 18.2 Å². The molecule has 0 aliphatic rings. The molecule has 3 rings (SSSR count). The van der Waals surface area contributed by atoms with Crippen LogP contribution in [0, 0.1) is 0 Å². The number of aromatic amines is 1. The molecule has 1 aromatic carbocycles. The quantitative estimate of drug-likeness (QED) is 0.764. The zero-order valence-corrected chi connectivity index (χ0v) is 11.3. The molecule has 3 aromatic rings. The van der Waals surface area contributed by atoms with Crippen LogP contribution in [0.5, 0.6) is 5.75 Å². The lowest BCUT2D eigenvalue weighted by atomic mass is 10.2. The van der Waals surface area contributed by atoms with Crippen molar-refractivity contribution in [3.63, 3.8) is 0 Å². The summed E-state index contributed by atoms with van der Waals surface area (Å²) < 4.78 is 40.5. The van der Waals surface area contributed by atoms with Crippen LogP contribution in [0.1, 0.15) is 5.56 Å². The number of H-pyrrole nitrogens is 1. The molecule has 0 saturated carbocycles. The Morgan fingerprint density at radius 2 is 2.00 bits per heavy atom. The second kappa shape index (κ2) is 5.59. The van der Waals surface area contributed by atoms with Crippen molar-refractivity contribution >= 4 is 16.9 Å². The van der Waals surface area contributed by atoms with Gasteiger partial charge in [-0.25, -0.2) is 4.98 Å². The van der Waals surface area contributed by atoms with Gasteiger partial charge >= 0.3 is 6.36 Å². The lowest BCUT2D eigenvalue weighted by Crippen LogP contribution is -2.17. The normalized spacial score (nSPS) is 11.6. The highest BCUT2D eigenvalue weighted by Gasteiger charge is 2.31. The molecular formula is C15H12F3N3O. The van der Waals surface area contributed by atoms with E-state index in [1.54, 1.807) is 12.3 Å². The van der Waals surface area contributed by atoms with E-state index < -0.39 is 6.36 Å². The molecule has 2 aromatic heterocycles. The van der Waals surface area contributed by atoms with Gasteiger partial charge in [0.2, 0.25) is 0 Å². The maximum absolute atomic E-state index is 12.2. The number of ether oxygens (including phenoxy) is 1. The van der Waals surface area contributed by atoms with E-state index in [1.807, 2.05) is 18.2 Å². The van der Waals surface area contributed by atoms with Gasteiger partial charge in [-0.3, -0.25) is 0 Å². The molecule has 0 amide bonds. The maximum atomic E-state index is 12.2. The lowest BCUT2D eigenvalue weighted by Gasteiger charge is -2.10. The van der Waals surface area contributed by atoms with Crippen molar-refractivity contribution in [2.75, 3.05) is 5.32 Å². The second-order valence-corrected chi connectivity index (χ2v) is 4.66.